The fourth-order valence-electron chi connectivity index (χ4n) is 3.57. The Bertz CT molecular complexity index is 1060. The molecule has 0 bridgehead atoms. The van der Waals surface area contributed by atoms with E-state index in [0.29, 0.717) is 23.0 Å². The van der Waals surface area contributed by atoms with E-state index in [-0.39, 0.29) is 30.1 Å². The number of benzene rings is 2. The highest BCUT2D eigenvalue weighted by Crippen LogP contribution is 2.37. The Morgan fingerprint density at radius 1 is 1.15 bits per heavy atom. The number of H-pyrrole nitrogens is 1. The van der Waals surface area contributed by atoms with E-state index in [1.54, 1.807) is 30.3 Å². The van der Waals surface area contributed by atoms with Gasteiger partial charge >= 0.3 is 5.92 Å². The molecule has 0 spiro atoms. The van der Waals surface area contributed by atoms with Gasteiger partial charge in [-0.2, -0.15) is 8.78 Å². The number of rotatable bonds is 3. The summed E-state index contributed by atoms with van der Waals surface area (Å²) in [6.07, 6.45) is 1.85. The maximum atomic E-state index is 15.1. The van der Waals surface area contributed by atoms with E-state index < -0.39 is 11.8 Å². The molecule has 2 aromatic carbocycles. The zero-order valence-electron chi connectivity index (χ0n) is 14.4. The average Bonchev–Trinajstić information content (AvgIpc) is 3.17. The van der Waals surface area contributed by atoms with Crippen LogP contribution in [0.5, 0.6) is 0 Å². The van der Waals surface area contributed by atoms with Gasteiger partial charge in [0.05, 0.1) is 0 Å². The van der Waals surface area contributed by atoms with Gasteiger partial charge in [0.1, 0.15) is 5.82 Å². The minimum atomic E-state index is -3.63. The van der Waals surface area contributed by atoms with E-state index in [9.17, 15) is 9.59 Å². The summed E-state index contributed by atoms with van der Waals surface area (Å²) in [4.78, 5) is 31.9. The van der Waals surface area contributed by atoms with Crippen molar-refractivity contribution in [2.45, 2.75) is 18.3 Å². The third-order valence-electron chi connectivity index (χ3n) is 4.95. The molecule has 1 amide bonds. The van der Waals surface area contributed by atoms with Gasteiger partial charge in [-0.1, -0.05) is 42.5 Å². The molecule has 4 rings (SSSR count). The van der Waals surface area contributed by atoms with Crippen LogP contribution in [-0.4, -0.2) is 33.9 Å². The molecule has 138 valence electrons. The molecule has 0 aliphatic carbocycles. The van der Waals surface area contributed by atoms with E-state index >= 15 is 8.78 Å². The van der Waals surface area contributed by atoms with Gasteiger partial charge in [0, 0.05) is 36.8 Å². The number of aromatic amines is 1. The van der Waals surface area contributed by atoms with Crippen molar-refractivity contribution < 1.29 is 13.6 Å². The molecule has 1 aromatic heterocycles. The minimum absolute atomic E-state index is 0.103. The van der Waals surface area contributed by atoms with Crippen molar-refractivity contribution in [1.82, 2.24) is 14.9 Å². The normalized spacial score (nSPS) is 17.4. The number of likely N-dealkylation sites (tertiary alicyclic amines) is 1. The van der Waals surface area contributed by atoms with Crippen molar-refractivity contribution in [2.24, 2.45) is 0 Å². The molecule has 5 nitrogen and oxygen atoms in total. The van der Waals surface area contributed by atoms with Crippen molar-refractivity contribution in [3.05, 3.63) is 76.5 Å². The zero-order valence-corrected chi connectivity index (χ0v) is 14.4. The molecule has 0 saturated carbocycles. The van der Waals surface area contributed by atoms with Gasteiger partial charge < -0.3 is 9.88 Å². The summed E-state index contributed by atoms with van der Waals surface area (Å²) in [5.41, 5.74) is -0.592. The number of nitrogens with zero attached hydrogens (tertiary/aromatic N) is 2. The summed E-state index contributed by atoms with van der Waals surface area (Å²) in [6, 6.07) is 12.6. The highest BCUT2D eigenvalue weighted by Gasteiger charge is 2.46. The molecule has 1 N–H and O–H groups in total. The number of carbonyl (C=O) groups excluding carboxylic acids is 1. The van der Waals surface area contributed by atoms with Gasteiger partial charge in [0.15, 0.2) is 0 Å². The van der Waals surface area contributed by atoms with Gasteiger partial charge in [0.25, 0.3) is 11.5 Å². The quantitative estimate of drug-likeness (QED) is 0.772. The van der Waals surface area contributed by atoms with Gasteiger partial charge in [-0.15, -0.1) is 0 Å². The second kappa shape index (κ2) is 6.57. The Kier molecular flexibility index (Phi) is 4.22. The molecule has 1 fully saturated rings. The Hall–Kier alpha value is -3.09. The first-order chi connectivity index (χ1) is 13.0. The lowest BCUT2D eigenvalue weighted by Gasteiger charge is -2.24. The molecule has 2 heterocycles. The average molecular weight is 369 g/mol. The van der Waals surface area contributed by atoms with Crippen molar-refractivity contribution in [2.75, 3.05) is 13.1 Å². The van der Waals surface area contributed by atoms with E-state index in [4.69, 9.17) is 0 Å². The van der Waals surface area contributed by atoms with E-state index in [1.165, 1.54) is 24.4 Å². The van der Waals surface area contributed by atoms with Crippen LogP contribution in [0.2, 0.25) is 0 Å². The Balaban J connectivity index is 1.61. The van der Waals surface area contributed by atoms with Gasteiger partial charge in [-0.3, -0.25) is 9.59 Å². The molecule has 1 aliphatic heterocycles. The molecular weight excluding hydrogens is 352 g/mol. The van der Waals surface area contributed by atoms with Crippen LogP contribution < -0.4 is 5.56 Å². The summed E-state index contributed by atoms with van der Waals surface area (Å²) in [6.45, 7) is 0.300. The fraction of sp³-hybridized carbons (Fsp3) is 0.250. The molecule has 1 saturated heterocycles. The zero-order chi connectivity index (χ0) is 19.0. The standard InChI is InChI=1S/C20H17F2N3O2/c21-20(22,16-7-3-5-13-4-1-2-6-15(13)16)19(27)25-11-9-14(12-25)18-23-10-8-17(26)24-18/h1-8,10,14H,9,11-12H2,(H,23,24,26). The Morgan fingerprint density at radius 2 is 1.93 bits per heavy atom. The lowest BCUT2D eigenvalue weighted by Crippen LogP contribution is -2.40. The van der Waals surface area contributed by atoms with Crippen LogP contribution in [0.4, 0.5) is 8.78 Å². The Labute approximate surface area is 153 Å². The van der Waals surface area contributed by atoms with Crippen molar-refractivity contribution >= 4 is 16.7 Å². The molecular formula is C20H17F2N3O2. The molecule has 3 aromatic rings. The van der Waals surface area contributed by atoms with E-state index in [0.717, 1.165) is 4.90 Å². The highest BCUT2D eigenvalue weighted by molar-refractivity contribution is 5.93. The smallest absolute Gasteiger partial charge is 0.336 e. The van der Waals surface area contributed by atoms with E-state index in [1.807, 2.05) is 0 Å². The van der Waals surface area contributed by atoms with Crippen LogP contribution in [0.15, 0.2) is 59.5 Å². The molecule has 1 atom stereocenters. The van der Waals surface area contributed by atoms with Crippen LogP contribution in [0, 0.1) is 0 Å². The lowest BCUT2D eigenvalue weighted by atomic mass is 9.99. The first-order valence-corrected chi connectivity index (χ1v) is 8.67. The number of amides is 1. The number of halogens is 2. The number of hydrogen-bond donors (Lipinski definition) is 1. The van der Waals surface area contributed by atoms with Crippen LogP contribution in [0.25, 0.3) is 10.8 Å². The first-order valence-electron chi connectivity index (χ1n) is 8.67. The lowest BCUT2D eigenvalue weighted by molar-refractivity contribution is -0.157. The van der Waals surface area contributed by atoms with Gasteiger partial charge in [-0.05, 0) is 17.2 Å². The van der Waals surface area contributed by atoms with E-state index in [2.05, 4.69) is 9.97 Å². The maximum Gasteiger partial charge on any atom is 0.350 e. The monoisotopic (exact) mass is 369 g/mol. The predicted molar refractivity (Wildman–Crippen MR) is 96.6 cm³/mol. The molecule has 27 heavy (non-hydrogen) atoms. The number of alkyl halides is 2. The summed E-state index contributed by atoms with van der Waals surface area (Å²) >= 11 is 0. The van der Waals surface area contributed by atoms with Gasteiger partial charge in [-0.25, -0.2) is 4.98 Å². The van der Waals surface area contributed by atoms with Crippen LogP contribution in [-0.2, 0) is 10.7 Å². The Morgan fingerprint density at radius 3 is 2.74 bits per heavy atom. The molecule has 1 aliphatic rings. The molecule has 0 radical (unpaired) electrons. The minimum Gasteiger partial charge on any atom is -0.336 e. The maximum absolute atomic E-state index is 15.1. The SMILES string of the molecule is O=C(N1CCC(c2nccc(=O)[nH]2)C1)C(F)(F)c1cccc2ccccc12. The predicted octanol–water partition coefficient (Wildman–Crippen LogP) is 3.03. The third-order valence-corrected chi connectivity index (χ3v) is 4.95. The highest BCUT2D eigenvalue weighted by atomic mass is 19.3. The summed E-state index contributed by atoms with van der Waals surface area (Å²) in [5, 5.41) is 1.02. The summed E-state index contributed by atoms with van der Waals surface area (Å²) < 4.78 is 30.1. The third kappa shape index (κ3) is 3.09. The number of hydrogen-bond acceptors (Lipinski definition) is 3. The van der Waals surface area contributed by atoms with Crippen LogP contribution in [0.3, 0.4) is 0 Å². The second-order valence-electron chi connectivity index (χ2n) is 6.66. The second-order valence-corrected chi connectivity index (χ2v) is 6.66. The number of aromatic nitrogens is 2. The van der Waals surface area contributed by atoms with Crippen molar-refractivity contribution in [3.8, 4) is 0 Å². The number of carbonyl (C=O) groups is 1. The summed E-state index contributed by atoms with van der Waals surface area (Å²) in [7, 11) is 0. The first kappa shape index (κ1) is 17.3. The fourth-order valence-corrected chi connectivity index (χ4v) is 3.57. The van der Waals surface area contributed by atoms with Crippen LogP contribution in [0.1, 0.15) is 23.7 Å². The molecule has 1 unspecified atom stereocenters. The number of nitrogens with one attached hydrogen (secondary N) is 1. The summed E-state index contributed by atoms with van der Waals surface area (Å²) in [5.74, 6) is -4.69. The molecule has 7 heteroatoms. The topological polar surface area (TPSA) is 66.1 Å². The van der Waals surface area contributed by atoms with Gasteiger partial charge in [0.2, 0.25) is 0 Å². The largest absolute Gasteiger partial charge is 0.350 e. The van der Waals surface area contributed by atoms with Crippen molar-refractivity contribution in [1.29, 1.82) is 0 Å². The van der Waals surface area contributed by atoms with Crippen LogP contribution >= 0.6 is 0 Å². The van der Waals surface area contributed by atoms with Crippen molar-refractivity contribution in [3.63, 3.8) is 0 Å². The number of fused-ring (bicyclic) bond motifs is 1.